The Morgan fingerprint density at radius 3 is 1.29 bits per heavy atom. The van der Waals surface area contributed by atoms with Gasteiger partial charge in [0.25, 0.3) is 0 Å². The molecule has 1 rings (SSSR count). The zero-order valence-corrected chi connectivity index (χ0v) is 14.0. The Morgan fingerprint density at radius 2 is 1.14 bits per heavy atom. The molecule has 1 aromatic rings. The first-order chi connectivity index (χ1) is 9.68. The molecule has 0 fully saturated rings. The molecule has 126 valence electrons. The van der Waals surface area contributed by atoms with E-state index in [0.717, 1.165) is 0 Å². The van der Waals surface area contributed by atoms with Crippen LogP contribution < -0.4 is 0 Å². The second-order valence-electron chi connectivity index (χ2n) is 3.10. The van der Waals surface area contributed by atoms with Crippen LogP contribution in [-0.2, 0) is 22.7 Å². The van der Waals surface area contributed by atoms with Crippen LogP contribution in [0.3, 0.4) is 0 Å². The van der Waals surface area contributed by atoms with E-state index in [-0.39, 0.29) is 0 Å². The number of H-pyrrole nitrogens is 1. The average Bonchev–Trinajstić information content (AvgIpc) is 2.85. The van der Waals surface area contributed by atoms with Crippen molar-refractivity contribution in [3.8, 4) is 0 Å². The van der Waals surface area contributed by atoms with Gasteiger partial charge in [-0.05, 0) is 32.9 Å². The molecular weight excluding hydrogens is 324 g/mol. The van der Waals surface area contributed by atoms with Crippen molar-refractivity contribution >= 4 is 15.6 Å². The van der Waals surface area contributed by atoms with Crippen LogP contribution in [0.25, 0.3) is 0 Å². The molecule has 0 aliphatic heterocycles. The van der Waals surface area contributed by atoms with E-state index in [4.69, 9.17) is 32.8 Å². The molecule has 9 nitrogen and oxygen atoms in total. The third-order valence-electron chi connectivity index (χ3n) is 1.36. The van der Waals surface area contributed by atoms with Gasteiger partial charge in [-0.3, -0.25) is 13.6 Å². The molecule has 11 heteroatoms. The molecule has 0 saturated heterocycles. The van der Waals surface area contributed by atoms with Crippen molar-refractivity contribution in [2.45, 2.75) is 20.8 Å². The largest absolute Gasteiger partial charge is 0.474 e. The summed E-state index contributed by atoms with van der Waals surface area (Å²) in [5.74, 6) is 0. The molecule has 1 heterocycles. The lowest BCUT2D eigenvalue weighted by Gasteiger charge is -2.14. The number of nitrogens with one attached hydrogen (secondary N) is 1. The molecule has 0 saturated carbocycles. The lowest BCUT2D eigenvalue weighted by atomic mass is 10.7. The minimum atomic E-state index is -4.64. The lowest BCUT2D eigenvalue weighted by molar-refractivity contribution is 0.126. The third-order valence-corrected chi connectivity index (χ3v) is 3.08. The summed E-state index contributed by atoms with van der Waals surface area (Å²) in [4.78, 5) is 24.4. The van der Waals surface area contributed by atoms with Gasteiger partial charge in [-0.2, -0.15) is 0 Å². The normalized spacial score (nSPS) is 11.0. The Hall–Kier alpha value is -0.500. The summed E-state index contributed by atoms with van der Waals surface area (Å²) in [6.07, 6.45) is 3.75. The number of rotatable bonds is 6. The van der Waals surface area contributed by atoms with Crippen LogP contribution in [0.2, 0.25) is 0 Å². The van der Waals surface area contributed by atoms with Crippen LogP contribution in [0, 0.1) is 0 Å². The Bertz CT molecular complexity index is 356. The van der Waals surface area contributed by atoms with E-state index in [1.54, 1.807) is 20.8 Å². The highest BCUT2D eigenvalue weighted by Crippen LogP contribution is 2.48. The summed E-state index contributed by atoms with van der Waals surface area (Å²) in [6, 6.07) is 3.89. The van der Waals surface area contributed by atoms with Gasteiger partial charge >= 0.3 is 15.6 Å². The molecule has 0 spiro atoms. The summed E-state index contributed by atoms with van der Waals surface area (Å²) in [7, 11) is -7.86. The van der Waals surface area contributed by atoms with Gasteiger partial charge < -0.3 is 19.7 Å². The smallest absolute Gasteiger partial charge is 0.368 e. The zero-order valence-electron chi connectivity index (χ0n) is 12.2. The van der Waals surface area contributed by atoms with Crippen molar-refractivity contribution < 1.29 is 37.4 Å². The van der Waals surface area contributed by atoms with Crippen LogP contribution in [0.1, 0.15) is 20.8 Å². The summed E-state index contributed by atoms with van der Waals surface area (Å²) >= 11 is 0. The van der Waals surface area contributed by atoms with Crippen molar-refractivity contribution in [1.82, 2.24) is 4.98 Å². The highest BCUT2D eigenvalue weighted by molar-refractivity contribution is 7.48. The number of phosphoric acid groups is 2. The highest BCUT2D eigenvalue weighted by Gasteiger charge is 2.23. The Morgan fingerprint density at radius 1 is 0.857 bits per heavy atom. The molecular formula is C10H23NO8P2. The Kier molecular flexibility index (Phi) is 14.3. The first-order valence-electron chi connectivity index (χ1n) is 6.08. The van der Waals surface area contributed by atoms with E-state index >= 15 is 0 Å². The molecule has 0 aliphatic rings. The van der Waals surface area contributed by atoms with Crippen LogP contribution >= 0.6 is 15.6 Å². The molecule has 0 unspecified atom stereocenters. The highest BCUT2D eigenvalue weighted by atomic mass is 31.2. The number of phosphoric ester groups is 1. The van der Waals surface area contributed by atoms with E-state index in [1.807, 2.05) is 24.5 Å². The monoisotopic (exact) mass is 347 g/mol. The number of hydrogen-bond acceptors (Lipinski definition) is 5. The van der Waals surface area contributed by atoms with Gasteiger partial charge in [0.15, 0.2) is 0 Å². The van der Waals surface area contributed by atoms with Crippen LogP contribution in [0.5, 0.6) is 0 Å². The predicted octanol–water partition coefficient (Wildman–Crippen LogP) is 2.29. The number of aromatic amines is 1. The number of aromatic nitrogens is 1. The fourth-order valence-corrected chi connectivity index (χ4v) is 2.04. The average molecular weight is 347 g/mol. The van der Waals surface area contributed by atoms with E-state index in [9.17, 15) is 4.57 Å². The topological polar surface area (TPSA) is 138 Å². The van der Waals surface area contributed by atoms with Crippen molar-refractivity contribution in [3.05, 3.63) is 24.5 Å². The van der Waals surface area contributed by atoms with Gasteiger partial charge in [-0.15, -0.1) is 0 Å². The zero-order chi connectivity index (χ0) is 16.8. The van der Waals surface area contributed by atoms with Crippen molar-refractivity contribution in [2.24, 2.45) is 0 Å². The maximum Gasteiger partial charge on any atom is 0.474 e. The van der Waals surface area contributed by atoms with Gasteiger partial charge in [0.1, 0.15) is 0 Å². The molecule has 4 N–H and O–H groups in total. The van der Waals surface area contributed by atoms with Gasteiger partial charge in [0, 0.05) is 12.4 Å². The maximum atomic E-state index is 11.3. The van der Waals surface area contributed by atoms with Gasteiger partial charge in [-0.1, -0.05) is 0 Å². The van der Waals surface area contributed by atoms with Crippen LogP contribution in [0.4, 0.5) is 0 Å². The molecule has 0 radical (unpaired) electrons. The van der Waals surface area contributed by atoms with Crippen molar-refractivity contribution in [2.75, 3.05) is 19.8 Å². The van der Waals surface area contributed by atoms with Crippen molar-refractivity contribution in [3.63, 3.8) is 0 Å². The van der Waals surface area contributed by atoms with Gasteiger partial charge in [0.05, 0.1) is 19.8 Å². The SMILES string of the molecule is CCOP(=O)(OCC)OCC.O=P(O)(O)O.c1cc[nH]c1. The van der Waals surface area contributed by atoms with E-state index in [2.05, 4.69) is 4.98 Å². The second-order valence-corrected chi connectivity index (χ2v) is 5.79. The quantitative estimate of drug-likeness (QED) is 0.575. The first-order valence-corrected chi connectivity index (χ1v) is 9.10. The fourth-order valence-electron chi connectivity index (χ4n) is 0.864. The van der Waals surface area contributed by atoms with Gasteiger partial charge in [0.2, 0.25) is 0 Å². The third kappa shape index (κ3) is 21.9. The molecule has 0 aliphatic carbocycles. The minimum Gasteiger partial charge on any atom is -0.368 e. The van der Waals surface area contributed by atoms with Crippen LogP contribution in [-0.4, -0.2) is 39.5 Å². The Labute approximate surface area is 124 Å². The first kappa shape index (κ1) is 22.8. The maximum absolute atomic E-state index is 11.3. The summed E-state index contributed by atoms with van der Waals surface area (Å²) in [5, 5.41) is 0. The van der Waals surface area contributed by atoms with E-state index in [1.165, 1.54) is 0 Å². The van der Waals surface area contributed by atoms with E-state index in [0.29, 0.717) is 19.8 Å². The Balaban J connectivity index is 0. The summed E-state index contributed by atoms with van der Waals surface area (Å²) in [5.41, 5.74) is 0. The molecule has 21 heavy (non-hydrogen) atoms. The van der Waals surface area contributed by atoms with Crippen LogP contribution in [0.15, 0.2) is 24.5 Å². The predicted molar refractivity (Wildman–Crippen MR) is 77.5 cm³/mol. The number of hydrogen-bond donors (Lipinski definition) is 4. The minimum absolute atomic E-state index is 0.331. The summed E-state index contributed by atoms with van der Waals surface area (Å²) in [6.45, 7) is 6.21. The second kappa shape index (κ2) is 13.2. The standard InChI is InChI=1S/C6H15O4P.C4H5N.H3O4P/c1-4-8-11(7,9-5-2)10-6-3;1-2-4-5-3-1;1-5(2,3)4/h4-6H2,1-3H3;1-5H;(H3,1,2,3,4). The molecule has 0 aromatic carbocycles. The van der Waals surface area contributed by atoms with Gasteiger partial charge in [-0.25, -0.2) is 9.13 Å². The van der Waals surface area contributed by atoms with Crippen molar-refractivity contribution in [1.29, 1.82) is 0 Å². The summed E-state index contributed by atoms with van der Waals surface area (Å²) < 4.78 is 34.7. The molecule has 0 amide bonds. The fraction of sp³-hybridized carbons (Fsp3) is 0.600. The molecule has 0 atom stereocenters. The lowest BCUT2D eigenvalue weighted by Crippen LogP contribution is -1.99. The molecule has 1 aromatic heterocycles. The molecule has 0 bridgehead atoms. The van der Waals surface area contributed by atoms with E-state index < -0.39 is 15.6 Å².